The fourth-order valence-corrected chi connectivity index (χ4v) is 1.69. The van der Waals surface area contributed by atoms with Crippen LogP contribution in [0.3, 0.4) is 0 Å². The van der Waals surface area contributed by atoms with Crippen molar-refractivity contribution in [2.75, 3.05) is 13.2 Å². The third-order valence-electron chi connectivity index (χ3n) is 3.24. The lowest BCUT2D eigenvalue weighted by Crippen LogP contribution is -2.43. The van der Waals surface area contributed by atoms with Crippen molar-refractivity contribution in [2.24, 2.45) is 5.73 Å². The number of hydrogen-bond donors (Lipinski definition) is 2. The first-order valence-corrected chi connectivity index (χ1v) is 6.29. The highest BCUT2D eigenvalue weighted by Crippen LogP contribution is 2.17. The molecule has 0 aliphatic rings. The average molecular weight is 255 g/mol. The highest BCUT2D eigenvalue weighted by Gasteiger charge is 2.20. The highest BCUT2D eigenvalue weighted by atomic mass is 19.1. The molecule has 1 unspecified atom stereocenters. The number of halogens is 1. The van der Waals surface area contributed by atoms with Crippen LogP contribution in [0.5, 0.6) is 5.75 Å². The smallest absolute Gasteiger partial charge is 0.126 e. The van der Waals surface area contributed by atoms with E-state index in [1.165, 1.54) is 6.07 Å². The van der Waals surface area contributed by atoms with E-state index in [4.69, 9.17) is 15.6 Å². The lowest BCUT2D eigenvalue weighted by atomic mass is 9.93. The van der Waals surface area contributed by atoms with Gasteiger partial charge in [0.25, 0.3) is 0 Å². The normalized spacial score (nSPS) is 14.3. The molecule has 0 spiro atoms. The minimum atomic E-state index is -0.512. The molecule has 0 saturated heterocycles. The van der Waals surface area contributed by atoms with Crippen molar-refractivity contribution in [1.29, 1.82) is 0 Å². The summed E-state index contributed by atoms with van der Waals surface area (Å²) in [4.78, 5) is 0. The van der Waals surface area contributed by atoms with Gasteiger partial charge in [0, 0.05) is 5.54 Å². The molecule has 102 valence electrons. The van der Waals surface area contributed by atoms with Gasteiger partial charge in [0.15, 0.2) is 0 Å². The summed E-state index contributed by atoms with van der Waals surface area (Å²) in [7, 11) is 0. The number of rotatable bonds is 7. The van der Waals surface area contributed by atoms with E-state index in [2.05, 4.69) is 0 Å². The Morgan fingerprint density at radius 2 is 2.17 bits per heavy atom. The SMILES string of the molecule is CCC(N)(CO)CCCOc1ccc(F)c(C)c1. The van der Waals surface area contributed by atoms with Crippen molar-refractivity contribution in [3.63, 3.8) is 0 Å². The quantitative estimate of drug-likeness (QED) is 0.736. The van der Waals surface area contributed by atoms with Gasteiger partial charge < -0.3 is 15.6 Å². The van der Waals surface area contributed by atoms with Crippen molar-refractivity contribution in [3.05, 3.63) is 29.6 Å². The second-order valence-electron chi connectivity index (χ2n) is 4.74. The molecular formula is C14H22FNO2. The van der Waals surface area contributed by atoms with E-state index in [0.717, 1.165) is 12.8 Å². The van der Waals surface area contributed by atoms with Gasteiger partial charge in [-0.1, -0.05) is 6.92 Å². The fourth-order valence-electron chi connectivity index (χ4n) is 1.69. The number of aliphatic hydroxyl groups excluding tert-OH is 1. The Labute approximate surface area is 108 Å². The maximum Gasteiger partial charge on any atom is 0.126 e. The summed E-state index contributed by atoms with van der Waals surface area (Å²) >= 11 is 0. The summed E-state index contributed by atoms with van der Waals surface area (Å²) in [5.74, 6) is 0.437. The summed E-state index contributed by atoms with van der Waals surface area (Å²) in [6.45, 7) is 4.17. The molecule has 18 heavy (non-hydrogen) atoms. The Hall–Kier alpha value is -1.13. The zero-order valence-electron chi connectivity index (χ0n) is 11.1. The van der Waals surface area contributed by atoms with Gasteiger partial charge in [0.05, 0.1) is 13.2 Å². The predicted octanol–water partition coefficient (Wildman–Crippen LogP) is 2.39. The van der Waals surface area contributed by atoms with E-state index >= 15 is 0 Å². The minimum Gasteiger partial charge on any atom is -0.494 e. The van der Waals surface area contributed by atoms with Gasteiger partial charge in [-0.15, -0.1) is 0 Å². The molecule has 3 N–H and O–H groups in total. The number of benzene rings is 1. The molecule has 4 heteroatoms. The van der Waals surface area contributed by atoms with Crippen LogP contribution in [0.2, 0.25) is 0 Å². The Morgan fingerprint density at radius 3 is 2.72 bits per heavy atom. The molecule has 1 atom stereocenters. The zero-order valence-corrected chi connectivity index (χ0v) is 11.1. The van der Waals surface area contributed by atoms with Crippen molar-refractivity contribution in [3.8, 4) is 5.75 Å². The van der Waals surface area contributed by atoms with Crippen LogP contribution in [0.1, 0.15) is 31.7 Å². The molecule has 0 saturated carbocycles. The molecule has 0 amide bonds. The third kappa shape index (κ3) is 4.27. The molecule has 0 aliphatic heterocycles. The van der Waals surface area contributed by atoms with Crippen LogP contribution in [-0.4, -0.2) is 23.9 Å². The lowest BCUT2D eigenvalue weighted by Gasteiger charge is -2.25. The molecule has 0 heterocycles. The van der Waals surface area contributed by atoms with Crippen molar-refractivity contribution in [1.82, 2.24) is 0 Å². The summed E-state index contributed by atoms with van der Waals surface area (Å²) < 4.78 is 18.6. The summed E-state index contributed by atoms with van der Waals surface area (Å²) in [5, 5.41) is 9.16. The Bertz CT molecular complexity index is 378. The second-order valence-corrected chi connectivity index (χ2v) is 4.74. The molecule has 1 rings (SSSR count). The van der Waals surface area contributed by atoms with Gasteiger partial charge in [0.2, 0.25) is 0 Å². The first-order chi connectivity index (χ1) is 8.50. The maximum absolute atomic E-state index is 13.0. The second kappa shape index (κ2) is 6.71. The van der Waals surface area contributed by atoms with Crippen molar-refractivity contribution >= 4 is 0 Å². The Balaban J connectivity index is 2.36. The van der Waals surface area contributed by atoms with Crippen LogP contribution in [0.25, 0.3) is 0 Å². The van der Waals surface area contributed by atoms with E-state index in [-0.39, 0.29) is 12.4 Å². The number of aliphatic hydroxyl groups is 1. The number of nitrogens with two attached hydrogens (primary N) is 1. The van der Waals surface area contributed by atoms with E-state index in [1.807, 2.05) is 6.92 Å². The Kier molecular flexibility index (Phi) is 5.56. The zero-order chi connectivity index (χ0) is 13.6. The summed E-state index contributed by atoms with van der Waals surface area (Å²) in [5.41, 5.74) is 6.03. The van der Waals surface area contributed by atoms with Crippen LogP contribution in [0.15, 0.2) is 18.2 Å². The van der Waals surface area contributed by atoms with Gasteiger partial charge in [-0.2, -0.15) is 0 Å². The first kappa shape index (κ1) is 14.9. The average Bonchev–Trinajstić information content (AvgIpc) is 2.38. The first-order valence-electron chi connectivity index (χ1n) is 6.29. The molecule has 1 aromatic rings. The molecular weight excluding hydrogens is 233 g/mol. The van der Waals surface area contributed by atoms with Gasteiger partial charge in [0.1, 0.15) is 11.6 Å². The Morgan fingerprint density at radius 1 is 1.44 bits per heavy atom. The summed E-state index contributed by atoms with van der Waals surface area (Å²) in [6, 6.07) is 4.69. The molecule has 0 fully saturated rings. The molecule has 0 aromatic heterocycles. The minimum absolute atomic E-state index is 0.0147. The van der Waals surface area contributed by atoms with Crippen LogP contribution < -0.4 is 10.5 Å². The van der Waals surface area contributed by atoms with E-state index in [1.54, 1.807) is 19.1 Å². The molecule has 0 aliphatic carbocycles. The third-order valence-corrected chi connectivity index (χ3v) is 3.24. The molecule has 1 aromatic carbocycles. The van der Waals surface area contributed by atoms with Crippen LogP contribution in [-0.2, 0) is 0 Å². The maximum atomic E-state index is 13.0. The number of hydrogen-bond acceptors (Lipinski definition) is 3. The van der Waals surface area contributed by atoms with Crippen molar-refractivity contribution < 1.29 is 14.2 Å². The van der Waals surface area contributed by atoms with Gasteiger partial charge >= 0.3 is 0 Å². The molecule has 3 nitrogen and oxygen atoms in total. The lowest BCUT2D eigenvalue weighted by molar-refractivity contribution is 0.171. The number of ether oxygens (including phenoxy) is 1. The molecule has 0 bridgehead atoms. The van der Waals surface area contributed by atoms with Gasteiger partial charge in [-0.3, -0.25) is 0 Å². The monoisotopic (exact) mass is 255 g/mol. The van der Waals surface area contributed by atoms with E-state index in [9.17, 15) is 4.39 Å². The number of aryl methyl sites for hydroxylation is 1. The van der Waals surface area contributed by atoms with E-state index < -0.39 is 5.54 Å². The van der Waals surface area contributed by atoms with Crippen LogP contribution in [0, 0.1) is 12.7 Å². The van der Waals surface area contributed by atoms with Gasteiger partial charge in [-0.05, 0) is 49.9 Å². The standard InChI is InChI=1S/C14H22FNO2/c1-3-14(16,10-17)7-4-8-18-12-5-6-13(15)11(2)9-12/h5-6,9,17H,3-4,7-8,10,16H2,1-2H3. The highest BCUT2D eigenvalue weighted by molar-refractivity contribution is 5.28. The fraction of sp³-hybridized carbons (Fsp3) is 0.571. The topological polar surface area (TPSA) is 55.5 Å². The largest absolute Gasteiger partial charge is 0.494 e. The van der Waals surface area contributed by atoms with Crippen molar-refractivity contribution in [2.45, 2.75) is 38.6 Å². The summed E-state index contributed by atoms with van der Waals surface area (Å²) in [6.07, 6.45) is 2.21. The van der Waals surface area contributed by atoms with E-state index in [0.29, 0.717) is 24.3 Å². The van der Waals surface area contributed by atoms with Crippen LogP contribution >= 0.6 is 0 Å². The van der Waals surface area contributed by atoms with Crippen LogP contribution in [0.4, 0.5) is 4.39 Å². The predicted molar refractivity (Wildman–Crippen MR) is 70.2 cm³/mol. The van der Waals surface area contributed by atoms with Gasteiger partial charge in [-0.25, -0.2) is 4.39 Å². The molecule has 0 radical (unpaired) electrons.